The average Bonchev–Trinajstić information content (AvgIpc) is 2.82. The zero-order valence-corrected chi connectivity index (χ0v) is 19.0. The number of carbonyl (C=O) groups excluding carboxylic acids is 1. The monoisotopic (exact) mass is 472 g/mol. The molecule has 0 aliphatic rings. The van der Waals surface area contributed by atoms with Crippen LogP contribution in [0.2, 0.25) is 5.02 Å². The van der Waals surface area contributed by atoms with E-state index in [1.807, 2.05) is 0 Å². The van der Waals surface area contributed by atoms with Crippen molar-refractivity contribution in [1.82, 2.24) is 9.78 Å². The third-order valence-corrected chi connectivity index (χ3v) is 5.40. The molecule has 0 spiro atoms. The number of amides is 1. The number of aromatic nitrogens is 2. The van der Waals surface area contributed by atoms with E-state index in [9.17, 15) is 14.7 Å². The number of nitrogens with zero attached hydrogens (tertiary/aromatic N) is 2. The normalized spacial score (nSPS) is 10.6. The van der Waals surface area contributed by atoms with Gasteiger partial charge in [-0.1, -0.05) is 66.2 Å². The molecule has 4 rings (SSSR count). The van der Waals surface area contributed by atoms with E-state index in [4.69, 9.17) is 17.0 Å². The van der Waals surface area contributed by atoms with Crippen molar-refractivity contribution in [2.75, 3.05) is 5.32 Å². The van der Waals surface area contributed by atoms with Crippen LogP contribution in [0.1, 0.15) is 23.6 Å². The summed E-state index contributed by atoms with van der Waals surface area (Å²) in [7, 11) is 0. The van der Waals surface area contributed by atoms with Crippen LogP contribution in [0.4, 0.5) is 5.69 Å². The van der Waals surface area contributed by atoms with Gasteiger partial charge < -0.3 is 10.4 Å². The maximum Gasteiger partial charge on any atom is 0.280 e. The molecule has 8 heteroatoms. The molecule has 0 fully saturated rings. The molecule has 1 heterocycles. The molecule has 3 aromatic carbocycles. The van der Waals surface area contributed by atoms with Gasteiger partial charge in [0.15, 0.2) is 5.75 Å². The molecule has 3 N–H and O–H groups in total. The molecular weight excluding hydrogens is 452 g/mol. The van der Waals surface area contributed by atoms with E-state index < -0.39 is 11.3 Å². The molecule has 7 nitrogen and oxygen atoms in total. The summed E-state index contributed by atoms with van der Waals surface area (Å²) in [6.45, 7) is 1.51. The van der Waals surface area contributed by atoms with E-state index in [0.29, 0.717) is 21.8 Å². The summed E-state index contributed by atoms with van der Waals surface area (Å²) >= 11 is 5.98. The first-order valence-electron chi connectivity index (χ1n) is 10.4. The molecule has 1 aromatic heterocycles. The highest BCUT2D eigenvalue weighted by Crippen LogP contribution is 2.31. The van der Waals surface area contributed by atoms with E-state index in [2.05, 4.69) is 10.4 Å². The van der Waals surface area contributed by atoms with Crippen LogP contribution in [0.3, 0.4) is 0 Å². The van der Waals surface area contributed by atoms with Gasteiger partial charge in [0.2, 0.25) is 5.91 Å². The van der Waals surface area contributed by atoms with Crippen molar-refractivity contribution in [3.63, 3.8) is 0 Å². The molecule has 1 amide bonds. The second-order valence-corrected chi connectivity index (χ2v) is 8.10. The summed E-state index contributed by atoms with van der Waals surface area (Å²) < 4.78 is 1.22. The Kier molecular flexibility index (Phi) is 6.56. The van der Waals surface area contributed by atoms with Crippen LogP contribution in [0.5, 0.6) is 5.75 Å². The quantitative estimate of drug-likeness (QED) is 0.354. The lowest BCUT2D eigenvalue weighted by molar-refractivity contribution is -0.114. The third-order valence-electron chi connectivity index (χ3n) is 5.14. The van der Waals surface area contributed by atoms with Crippen molar-refractivity contribution < 1.29 is 9.90 Å². The molecule has 0 aliphatic carbocycles. The van der Waals surface area contributed by atoms with Crippen LogP contribution in [-0.4, -0.2) is 26.5 Å². The van der Waals surface area contributed by atoms with Crippen LogP contribution in [0.15, 0.2) is 83.7 Å². The summed E-state index contributed by atoms with van der Waals surface area (Å²) in [5.74, 6) is -0.639. The zero-order valence-electron chi connectivity index (χ0n) is 18.2. The fraction of sp³-hybridized carbons (Fsp3) is 0.0769. The maximum absolute atomic E-state index is 13.4. The van der Waals surface area contributed by atoms with Crippen molar-refractivity contribution in [2.45, 2.75) is 13.5 Å². The van der Waals surface area contributed by atoms with Crippen LogP contribution >= 0.6 is 11.6 Å². The summed E-state index contributed by atoms with van der Waals surface area (Å²) in [6, 6.07) is 22.5. The standard InChI is InChI=1S/C26H21ClN4O3/c1-16(32)29-21-9-5-8-19(14-21)24-25(33)22(23(28)18-6-3-2-4-7-18)26(34)31(30-24)15-17-10-12-20(27)13-11-17/h2-14,28,33H,15H2,1H3,(H,29,32). The Balaban J connectivity index is 1.90. The Labute approximate surface area is 200 Å². The second-order valence-electron chi connectivity index (χ2n) is 7.66. The number of hydrogen-bond donors (Lipinski definition) is 3. The van der Waals surface area contributed by atoms with E-state index >= 15 is 0 Å². The first-order chi connectivity index (χ1) is 16.3. The SMILES string of the molecule is CC(=O)Nc1cccc(-c2nn(Cc3ccc(Cl)cc3)c(=O)c(C(=N)c3ccccc3)c2O)c1. The predicted octanol–water partition coefficient (Wildman–Crippen LogP) is 4.69. The van der Waals surface area contributed by atoms with Crippen LogP contribution in [-0.2, 0) is 11.3 Å². The fourth-order valence-electron chi connectivity index (χ4n) is 3.55. The molecule has 4 aromatic rings. The van der Waals surface area contributed by atoms with Gasteiger partial charge in [-0.2, -0.15) is 5.10 Å². The smallest absolute Gasteiger partial charge is 0.280 e. The largest absolute Gasteiger partial charge is 0.505 e. The molecule has 170 valence electrons. The lowest BCUT2D eigenvalue weighted by Crippen LogP contribution is -2.30. The van der Waals surface area contributed by atoms with Gasteiger partial charge in [0.1, 0.15) is 11.3 Å². The molecule has 0 radical (unpaired) electrons. The molecule has 0 atom stereocenters. The lowest BCUT2D eigenvalue weighted by atomic mass is 10.0. The highest BCUT2D eigenvalue weighted by molar-refractivity contribution is 6.30. The molecular formula is C26H21ClN4O3. The summed E-state index contributed by atoms with van der Waals surface area (Å²) in [4.78, 5) is 24.9. The topological polar surface area (TPSA) is 108 Å². The molecule has 0 unspecified atom stereocenters. The minimum atomic E-state index is -0.594. The number of rotatable bonds is 6. The maximum atomic E-state index is 13.4. The summed E-state index contributed by atoms with van der Waals surface area (Å²) in [6.07, 6.45) is 0. The number of hydrogen-bond acceptors (Lipinski definition) is 5. The number of aromatic hydroxyl groups is 1. The van der Waals surface area contributed by atoms with Gasteiger partial charge in [0, 0.05) is 28.8 Å². The van der Waals surface area contributed by atoms with E-state index in [-0.39, 0.29) is 29.4 Å². The van der Waals surface area contributed by atoms with Gasteiger partial charge in [0.05, 0.1) is 12.3 Å². The van der Waals surface area contributed by atoms with Crippen molar-refractivity contribution in [1.29, 1.82) is 5.41 Å². The lowest BCUT2D eigenvalue weighted by Gasteiger charge is -2.15. The highest BCUT2D eigenvalue weighted by atomic mass is 35.5. The first kappa shape index (κ1) is 22.9. The second kappa shape index (κ2) is 9.72. The van der Waals surface area contributed by atoms with E-state index in [0.717, 1.165) is 5.56 Å². The summed E-state index contributed by atoms with van der Waals surface area (Å²) in [5.41, 5.74) is 1.51. The molecule has 0 saturated carbocycles. The zero-order chi connectivity index (χ0) is 24.2. The van der Waals surface area contributed by atoms with Crippen LogP contribution in [0, 0.1) is 5.41 Å². The summed E-state index contributed by atoms with van der Waals surface area (Å²) in [5, 5.41) is 27.5. The Morgan fingerprint density at radius 3 is 2.44 bits per heavy atom. The van der Waals surface area contributed by atoms with E-state index in [1.54, 1.807) is 78.9 Å². The van der Waals surface area contributed by atoms with Gasteiger partial charge in [-0.15, -0.1) is 0 Å². The number of benzene rings is 3. The Hall–Kier alpha value is -4.23. The van der Waals surface area contributed by atoms with Crippen LogP contribution < -0.4 is 10.9 Å². The van der Waals surface area contributed by atoms with Crippen molar-refractivity contribution >= 4 is 28.9 Å². The minimum absolute atomic E-state index is 0.115. The molecule has 34 heavy (non-hydrogen) atoms. The average molecular weight is 473 g/mol. The van der Waals surface area contributed by atoms with Gasteiger partial charge in [0.25, 0.3) is 5.56 Å². The van der Waals surface area contributed by atoms with Crippen molar-refractivity contribution in [3.05, 3.63) is 111 Å². The van der Waals surface area contributed by atoms with Gasteiger partial charge in [-0.05, 0) is 29.8 Å². The first-order valence-corrected chi connectivity index (χ1v) is 10.8. The van der Waals surface area contributed by atoms with Crippen LogP contribution in [0.25, 0.3) is 11.3 Å². The molecule has 0 bridgehead atoms. The van der Waals surface area contributed by atoms with E-state index in [1.165, 1.54) is 11.6 Å². The number of carbonyl (C=O) groups is 1. The van der Waals surface area contributed by atoms with Crippen molar-refractivity contribution in [3.8, 4) is 17.0 Å². The number of nitrogens with one attached hydrogen (secondary N) is 2. The third kappa shape index (κ3) is 4.89. The van der Waals surface area contributed by atoms with Crippen molar-refractivity contribution in [2.24, 2.45) is 0 Å². The fourth-order valence-corrected chi connectivity index (χ4v) is 3.67. The van der Waals surface area contributed by atoms with Gasteiger partial charge >= 0.3 is 0 Å². The Morgan fingerprint density at radius 1 is 1.06 bits per heavy atom. The molecule has 0 saturated heterocycles. The number of anilines is 1. The Morgan fingerprint density at radius 2 is 1.76 bits per heavy atom. The number of halogens is 1. The van der Waals surface area contributed by atoms with Gasteiger partial charge in [-0.25, -0.2) is 4.68 Å². The van der Waals surface area contributed by atoms with Gasteiger partial charge in [-0.3, -0.25) is 15.0 Å². The Bertz CT molecular complexity index is 1430. The molecule has 0 aliphatic heterocycles. The predicted molar refractivity (Wildman–Crippen MR) is 133 cm³/mol. The highest BCUT2D eigenvalue weighted by Gasteiger charge is 2.23. The minimum Gasteiger partial charge on any atom is -0.505 e.